The number of thioether (sulfide) groups is 2. The molecule has 2 saturated heterocycles. The van der Waals surface area contributed by atoms with E-state index in [9.17, 15) is 53.4 Å². The van der Waals surface area contributed by atoms with Crippen LogP contribution in [0.4, 0.5) is 0 Å². The molecule has 2 aliphatic heterocycles. The van der Waals surface area contributed by atoms with Gasteiger partial charge in [-0.25, -0.2) is 0 Å². The second-order valence-corrected chi connectivity index (χ2v) is 22.1. The number of imide groups is 1. The fourth-order valence-electron chi connectivity index (χ4n) is 9.10. The Morgan fingerprint density at radius 2 is 1.34 bits per heavy atom. The highest BCUT2D eigenvalue weighted by molar-refractivity contribution is 8.21. The van der Waals surface area contributed by atoms with E-state index in [-0.39, 0.29) is 24.8 Å². The third-order valence-corrected chi connectivity index (χ3v) is 16.4. The minimum Gasteiger partial charge on any atom is -0.481 e. The molecule has 402 valence electrons. The van der Waals surface area contributed by atoms with Gasteiger partial charge in [0.05, 0.1) is 22.2 Å². The smallest absolute Gasteiger partial charge is 0.303 e. The summed E-state index contributed by atoms with van der Waals surface area (Å²) < 4.78 is -0.498. The zero-order chi connectivity index (χ0) is 54.2. The average Bonchev–Trinajstić information content (AvgIpc) is 4.00. The molecule has 1 spiro atoms. The van der Waals surface area contributed by atoms with Crippen LogP contribution in [0.15, 0.2) is 30.3 Å². The molecule has 12 N–H and O–H groups in total. The fourth-order valence-corrected chi connectivity index (χ4v) is 12.3. The van der Waals surface area contributed by atoms with E-state index in [0.29, 0.717) is 43.5 Å². The Labute approximate surface area is 431 Å². The second kappa shape index (κ2) is 27.9. The number of hydrogen-bond donors (Lipinski definition) is 10. The summed E-state index contributed by atoms with van der Waals surface area (Å²) in [5, 5.41) is 34.2. The molecule has 4 rings (SSSR count). The van der Waals surface area contributed by atoms with Crippen molar-refractivity contribution in [3.05, 3.63) is 35.9 Å². The molecule has 8 amide bonds. The van der Waals surface area contributed by atoms with Gasteiger partial charge in [0.15, 0.2) is 11.8 Å². The molecule has 1 saturated carbocycles. The molecule has 8 atom stereocenters. The van der Waals surface area contributed by atoms with Crippen LogP contribution >= 0.6 is 23.5 Å². The molecular weight excluding hydrogens is 991 g/mol. The van der Waals surface area contributed by atoms with Gasteiger partial charge in [-0.1, -0.05) is 76.8 Å². The van der Waals surface area contributed by atoms with Crippen LogP contribution in [0.3, 0.4) is 0 Å². The normalized spacial score (nSPS) is 19.2. The standard InChI is InChI=1S/C48H69N9O14S2/c1-5-12-29(49)39(63)47(71)57(46(70)32-23-48(24-51-32)72-21-22-73-48)38(45(69)56-37(41(50)65)28-15-10-7-11-16-28)40(64)36(27-13-8-6-9-14-27)55-44(68)35(25(2)3)54-43(67)31(18-20-34(61)62)53-42(66)30(52-26(4)58)17-19-33(59)60/h7,10-11,15-16,25,27,29-32,35-38,51H,5-6,8-9,12-14,17-24,49H2,1-4H3,(H2,50,65)(H,52,58)(H,53,66)(H,54,67)(H,55,68)(H,56,69)(H,59,60)(H,61,62)/t29?,30-,31-,32-,35-,36?,37?,38?/m0/s1. The molecule has 25 heteroatoms. The maximum Gasteiger partial charge on any atom is 0.303 e. The van der Waals surface area contributed by atoms with E-state index in [1.165, 1.54) is 26.0 Å². The number of carbonyl (C=O) groups excluding carboxylic acids is 10. The van der Waals surface area contributed by atoms with Crippen LogP contribution in [0.5, 0.6) is 0 Å². The van der Waals surface area contributed by atoms with Crippen molar-refractivity contribution in [1.82, 2.24) is 36.8 Å². The molecular formula is C48H69N9O14S2. The van der Waals surface area contributed by atoms with Crippen LogP contribution in [0, 0.1) is 11.8 Å². The highest BCUT2D eigenvalue weighted by Crippen LogP contribution is 2.49. The van der Waals surface area contributed by atoms with Crippen molar-refractivity contribution in [3.8, 4) is 0 Å². The number of hydrogen-bond acceptors (Lipinski definition) is 16. The van der Waals surface area contributed by atoms with Crippen LogP contribution < -0.4 is 43.4 Å². The van der Waals surface area contributed by atoms with Crippen molar-refractivity contribution in [2.45, 2.75) is 157 Å². The number of carboxylic acid groups (broad SMARTS) is 2. The number of nitrogens with zero attached hydrogens (tertiary/aromatic N) is 1. The van der Waals surface area contributed by atoms with Crippen molar-refractivity contribution >= 4 is 94.3 Å². The summed E-state index contributed by atoms with van der Waals surface area (Å²) in [5.41, 5.74) is 12.2. The van der Waals surface area contributed by atoms with Crippen molar-refractivity contribution in [1.29, 1.82) is 0 Å². The van der Waals surface area contributed by atoms with E-state index in [2.05, 4.69) is 31.9 Å². The van der Waals surface area contributed by atoms with E-state index < -0.39 is 154 Å². The molecule has 1 aliphatic carbocycles. The van der Waals surface area contributed by atoms with Gasteiger partial charge in [-0.3, -0.25) is 62.4 Å². The van der Waals surface area contributed by atoms with E-state index in [1.54, 1.807) is 48.6 Å². The summed E-state index contributed by atoms with van der Waals surface area (Å²) in [4.78, 5) is 165. The summed E-state index contributed by atoms with van der Waals surface area (Å²) in [6, 6.07) is -5.46. The van der Waals surface area contributed by atoms with Crippen LogP contribution in [0.2, 0.25) is 0 Å². The maximum atomic E-state index is 15.7. The van der Waals surface area contributed by atoms with Gasteiger partial charge in [0, 0.05) is 37.8 Å². The summed E-state index contributed by atoms with van der Waals surface area (Å²) in [6.07, 6.45) is 0.780. The lowest BCUT2D eigenvalue weighted by Crippen LogP contribution is -2.66. The highest BCUT2D eigenvalue weighted by atomic mass is 32.2. The first-order chi connectivity index (χ1) is 34.5. The first-order valence-electron chi connectivity index (χ1n) is 24.5. The molecule has 1 aromatic carbocycles. The third kappa shape index (κ3) is 16.8. The first kappa shape index (κ1) is 59.6. The van der Waals surface area contributed by atoms with Crippen LogP contribution in [0.1, 0.15) is 116 Å². The zero-order valence-electron chi connectivity index (χ0n) is 41.5. The molecule has 73 heavy (non-hydrogen) atoms. The van der Waals surface area contributed by atoms with Gasteiger partial charge in [0.1, 0.15) is 24.2 Å². The Bertz CT molecular complexity index is 2220. The van der Waals surface area contributed by atoms with Gasteiger partial charge in [-0.15, -0.1) is 23.5 Å². The molecule has 1 aromatic rings. The van der Waals surface area contributed by atoms with Gasteiger partial charge in [0.25, 0.3) is 11.8 Å². The molecule has 0 radical (unpaired) electrons. The number of rotatable bonds is 27. The maximum absolute atomic E-state index is 15.7. The number of carboxylic acids is 2. The Kier molecular flexibility index (Phi) is 22.8. The fraction of sp³-hybridized carbons (Fsp3) is 0.625. The number of carbonyl (C=O) groups is 12. The number of amides is 8. The molecule has 3 aliphatic rings. The molecule has 0 aromatic heterocycles. The number of aliphatic carboxylic acids is 2. The van der Waals surface area contributed by atoms with Crippen molar-refractivity contribution in [2.24, 2.45) is 23.3 Å². The molecule has 4 unspecified atom stereocenters. The number of primary amides is 1. The lowest BCUT2D eigenvalue weighted by molar-refractivity contribution is -0.161. The quantitative estimate of drug-likeness (QED) is 0.0402. The largest absolute Gasteiger partial charge is 0.481 e. The zero-order valence-corrected chi connectivity index (χ0v) is 43.1. The Morgan fingerprint density at radius 3 is 1.88 bits per heavy atom. The number of Topliss-reactive ketones (excluding diaryl/α,β-unsaturated/α-hetero) is 2. The number of ketones is 2. The number of benzene rings is 1. The third-order valence-electron chi connectivity index (χ3n) is 12.9. The average molecular weight is 1060 g/mol. The van der Waals surface area contributed by atoms with Crippen LogP contribution in [-0.2, 0) is 57.5 Å². The highest BCUT2D eigenvalue weighted by Gasteiger charge is 2.53. The Balaban J connectivity index is 1.82. The molecule has 3 fully saturated rings. The summed E-state index contributed by atoms with van der Waals surface area (Å²) >= 11 is 3.19. The minimum atomic E-state index is -2.52. The molecule has 0 bridgehead atoms. The van der Waals surface area contributed by atoms with E-state index in [1.807, 2.05) is 0 Å². The van der Waals surface area contributed by atoms with Crippen molar-refractivity contribution < 1.29 is 67.7 Å². The summed E-state index contributed by atoms with van der Waals surface area (Å²) in [5.74, 6) is -14.1. The second-order valence-electron chi connectivity index (χ2n) is 18.9. The van der Waals surface area contributed by atoms with Gasteiger partial charge in [-0.05, 0) is 55.9 Å². The predicted molar refractivity (Wildman–Crippen MR) is 268 cm³/mol. The predicted octanol–water partition coefficient (Wildman–Crippen LogP) is -0.218. The van der Waals surface area contributed by atoms with E-state index in [0.717, 1.165) is 24.9 Å². The van der Waals surface area contributed by atoms with Crippen LogP contribution in [-0.4, -0.2) is 150 Å². The lowest BCUT2D eigenvalue weighted by Gasteiger charge is -2.37. The lowest BCUT2D eigenvalue weighted by atomic mass is 9.80. The first-order valence-corrected chi connectivity index (χ1v) is 26.5. The molecule has 23 nitrogen and oxygen atoms in total. The van der Waals surface area contributed by atoms with E-state index in [4.69, 9.17) is 11.5 Å². The number of nitrogens with two attached hydrogens (primary N) is 2. The minimum absolute atomic E-state index is 0.00222. The van der Waals surface area contributed by atoms with Gasteiger partial charge >= 0.3 is 11.9 Å². The van der Waals surface area contributed by atoms with Gasteiger partial charge in [0.2, 0.25) is 41.2 Å². The van der Waals surface area contributed by atoms with Gasteiger partial charge < -0.3 is 53.6 Å². The topological polar surface area (TPSA) is 373 Å². The molecule has 2 heterocycles. The number of nitrogens with one attached hydrogen (secondary N) is 6. The Morgan fingerprint density at radius 1 is 0.767 bits per heavy atom. The SMILES string of the molecule is CCCC(N)C(=O)C(=O)N(C(=O)[C@@H]1CC2(CN1)SCCS2)C(C(=O)NC(C(N)=O)c1ccccc1)C(=O)C(NC(=O)[C@@H](NC(=O)[C@H](CCC(=O)O)NC(=O)[C@H](CCC(=O)O)NC(C)=O)C(C)C)C1CCCCC1. The van der Waals surface area contributed by atoms with Gasteiger partial charge in [-0.2, -0.15) is 0 Å². The summed E-state index contributed by atoms with van der Waals surface area (Å²) in [6.45, 7) is 6.15. The summed E-state index contributed by atoms with van der Waals surface area (Å²) in [7, 11) is 0. The Hall–Kier alpha value is -5.92. The van der Waals surface area contributed by atoms with E-state index >= 15 is 14.4 Å². The van der Waals surface area contributed by atoms with Crippen molar-refractivity contribution in [3.63, 3.8) is 0 Å². The van der Waals surface area contributed by atoms with Crippen LogP contribution in [0.25, 0.3) is 0 Å². The van der Waals surface area contributed by atoms with Crippen molar-refractivity contribution in [2.75, 3.05) is 18.1 Å². The monoisotopic (exact) mass is 1060 g/mol.